The Morgan fingerprint density at radius 2 is 1.79 bits per heavy atom. The molecule has 0 spiro atoms. The average Bonchev–Trinajstić information content (AvgIpc) is 3.20. The Morgan fingerprint density at radius 1 is 1.04 bits per heavy atom. The van der Waals surface area contributed by atoms with Crippen LogP contribution in [0.2, 0.25) is 0 Å². The molecule has 4 rings (SSSR count). The monoisotopic (exact) mass is 372 g/mol. The molecule has 2 heterocycles. The zero-order valence-electron chi connectivity index (χ0n) is 16.3. The molecule has 0 bridgehead atoms. The third kappa shape index (κ3) is 3.64. The topological polar surface area (TPSA) is 54.1 Å². The standard InChI is InChI=1S/C23H24N4O/c1-17(2)23-22(16-27(25-23)21-5-3-4-18(14-21)15-24)19-6-8-20(9-7-19)26-10-12-28-13-11-26/h3-9,14,16-17H,10-13H2,1-2H3. The van der Waals surface area contributed by atoms with Crippen LogP contribution >= 0.6 is 0 Å². The molecule has 1 fully saturated rings. The minimum Gasteiger partial charge on any atom is -0.378 e. The van der Waals surface area contributed by atoms with Gasteiger partial charge >= 0.3 is 0 Å². The number of nitrogens with zero attached hydrogens (tertiary/aromatic N) is 4. The van der Waals surface area contributed by atoms with Crippen LogP contribution in [-0.4, -0.2) is 36.1 Å². The summed E-state index contributed by atoms with van der Waals surface area (Å²) >= 11 is 0. The number of aromatic nitrogens is 2. The fourth-order valence-electron chi connectivity index (χ4n) is 3.56. The zero-order chi connectivity index (χ0) is 19.5. The number of morpholine rings is 1. The Balaban J connectivity index is 1.68. The van der Waals surface area contributed by atoms with Gasteiger partial charge in [0.05, 0.1) is 36.2 Å². The Labute approximate surface area is 165 Å². The van der Waals surface area contributed by atoms with Crippen LogP contribution in [0.5, 0.6) is 0 Å². The average molecular weight is 372 g/mol. The molecule has 0 saturated carbocycles. The molecule has 0 radical (unpaired) electrons. The van der Waals surface area contributed by atoms with Gasteiger partial charge in [-0.2, -0.15) is 10.4 Å². The van der Waals surface area contributed by atoms with Crippen molar-refractivity contribution in [2.45, 2.75) is 19.8 Å². The maximum atomic E-state index is 9.18. The lowest BCUT2D eigenvalue weighted by molar-refractivity contribution is 0.122. The van der Waals surface area contributed by atoms with Gasteiger partial charge in [-0.15, -0.1) is 0 Å². The molecular formula is C23H24N4O. The van der Waals surface area contributed by atoms with Crippen LogP contribution in [0.3, 0.4) is 0 Å². The molecule has 1 aliphatic rings. The van der Waals surface area contributed by atoms with E-state index in [-0.39, 0.29) is 0 Å². The van der Waals surface area contributed by atoms with Gasteiger partial charge in [0, 0.05) is 30.5 Å². The first-order valence-electron chi connectivity index (χ1n) is 9.69. The van der Waals surface area contributed by atoms with Gasteiger partial charge in [-0.1, -0.05) is 32.0 Å². The Bertz CT molecular complexity index is 992. The van der Waals surface area contributed by atoms with Crippen molar-refractivity contribution in [2.75, 3.05) is 31.2 Å². The van der Waals surface area contributed by atoms with E-state index in [4.69, 9.17) is 9.84 Å². The maximum Gasteiger partial charge on any atom is 0.0992 e. The Kier molecular flexibility index (Phi) is 5.14. The molecule has 1 saturated heterocycles. The number of nitriles is 1. The lowest BCUT2D eigenvalue weighted by Gasteiger charge is -2.28. The quantitative estimate of drug-likeness (QED) is 0.682. The number of ether oxygens (including phenoxy) is 1. The summed E-state index contributed by atoms with van der Waals surface area (Å²) in [7, 11) is 0. The second-order valence-electron chi connectivity index (χ2n) is 7.34. The van der Waals surface area contributed by atoms with Crippen molar-refractivity contribution in [1.29, 1.82) is 5.26 Å². The van der Waals surface area contributed by atoms with Crippen LogP contribution in [0.1, 0.15) is 31.0 Å². The second kappa shape index (κ2) is 7.87. The summed E-state index contributed by atoms with van der Waals surface area (Å²) in [6, 6.07) is 18.4. The third-order valence-electron chi connectivity index (χ3n) is 5.08. The molecule has 2 aromatic carbocycles. The molecule has 1 aliphatic heterocycles. The molecule has 0 amide bonds. The molecule has 0 aliphatic carbocycles. The first-order valence-corrected chi connectivity index (χ1v) is 9.69. The van der Waals surface area contributed by atoms with E-state index in [9.17, 15) is 5.26 Å². The van der Waals surface area contributed by atoms with Gasteiger partial charge in [0.2, 0.25) is 0 Å². The van der Waals surface area contributed by atoms with Gasteiger partial charge in [-0.3, -0.25) is 0 Å². The smallest absolute Gasteiger partial charge is 0.0992 e. The molecule has 5 nitrogen and oxygen atoms in total. The lowest BCUT2D eigenvalue weighted by Crippen LogP contribution is -2.36. The van der Waals surface area contributed by atoms with Gasteiger partial charge in [-0.05, 0) is 41.8 Å². The van der Waals surface area contributed by atoms with E-state index in [1.54, 1.807) is 0 Å². The zero-order valence-corrected chi connectivity index (χ0v) is 16.3. The van der Waals surface area contributed by atoms with Crippen molar-refractivity contribution in [1.82, 2.24) is 9.78 Å². The highest BCUT2D eigenvalue weighted by Crippen LogP contribution is 2.31. The number of rotatable bonds is 4. The van der Waals surface area contributed by atoms with E-state index in [0.29, 0.717) is 11.5 Å². The first kappa shape index (κ1) is 18.3. The molecule has 0 atom stereocenters. The van der Waals surface area contributed by atoms with Gasteiger partial charge in [0.1, 0.15) is 0 Å². The molecule has 142 valence electrons. The Hall–Kier alpha value is -3.10. The van der Waals surface area contributed by atoms with Crippen LogP contribution in [0.25, 0.3) is 16.8 Å². The van der Waals surface area contributed by atoms with Crippen molar-refractivity contribution in [3.63, 3.8) is 0 Å². The van der Waals surface area contributed by atoms with Crippen LogP contribution in [0.15, 0.2) is 54.7 Å². The van der Waals surface area contributed by atoms with Gasteiger partial charge < -0.3 is 9.64 Å². The van der Waals surface area contributed by atoms with E-state index >= 15 is 0 Å². The van der Waals surface area contributed by atoms with Gasteiger partial charge in [-0.25, -0.2) is 4.68 Å². The SMILES string of the molecule is CC(C)c1nn(-c2cccc(C#N)c2)cc1-c1ccc(N2CCOCC2)cc1. The number of hydrogen-bond donors (Lipinski definition) is 0. The summed E-state index contributed by atoms with van der Waals surface area (Å²) < 4.78 is 7.32. The highest BCUT2D eigenvalue weighted by Gasteiger charge is 2.16. The molecule has 1 aromatic heterocycles. The first-order chi connectivity index (χ1) is 13.7. The summed E-state index contributed by atoms with van der Waals surface area (Å²) in [5, 5.41) is 14.0. The Morgan fingerprint density at radius 3 is 2.46 bits per heavy atom. The number of benzene rings is 2. The van der Waals surface area contributed by atoms with Crippen molar-refractivity contribution < 1.29 is 4.74 Å². The highest BCUT2D eigenvalue weighted by atomic mass is 16.5. The predicted octanol–water partition coefficient (Wildman–Crippen LogP) is 4.37. The van der Waals surface area contributed by atoms with Gasteiger partial charge in [0.15, 0.2) is 0 Å². The van der Waals surface area contributed by atoms with Crippen LogP contribution < -0.4 is 4.90 Å². The largest absolute Gasteiger partial charge is 0.378 e. The summed E-state index contributed by atoms with van der Waals surface area (Å²) in [5.41, 5.74) is 6.11. The fourth-order valence-corrected chi connectivity index (χ4v) is 3.56. The third-order valence-corrected chi connectivity index (χ3v) is 5.08. The summed E-state index contributed by atoms with van der Waals surface area (Å²) in [6.45, 7) is 7.75. The van der Waals surface area contributed by atoms with Crippen molar-refractivity contribution in [3.8, 4) is 22.9 Å². The number of hydrogen-bond acceptors (Lipinski definition) is 4. The van der Waals surface area contributed by atoms with E-state index in [0.717, 1.165) is 48.8 Å². The summed E-state index contributed by atoms with van der Waals surface area (Å²) in [5.74, 6) is 0.300. The normalized spacial score (nSPS) is 14.3. The number of anilines is 1. The highest BCUT2D eigenvalue weighted by molar-refractivity contribution is 5.69. The van der Waals surface area contributed by atoms with Crippen LogP contribution in [0, 0.1) is 11.3 Å². The van der Waals surface area contributed by atoms with Crippen LogP contribution in [-0.2, 0) is 4.74 Å². The summed E-state index contributed by atoms with van der Waals surface area (Å²) in [6.07, 6.45) is 2.07. The molecular weight excluding hydrogens is 348 g/mol. The van der Waals surface area contributed by atoms with E-state index in [1.807, 2.05) is 28.9 Å². The minimum absolute atomic E-state index is 0.300. The lowest BCUT2D eigenvalue weighted by atomic mass is 10.00. The van der Waals surface area contributed by atoms with E-state index < -0.39 is 0 Å². The van der Waals surface area contributed by atoms with Crippen molar-refractivity contribution in [3.05, 3.63) is 66.0 Å². The maximum absolute atomic E-state index is 9.18. The van der Waals surface area contributed by atoms with Crippen molar-refractivity contribution >= 4 is 5.69 Å². The van der Waals surface area contributed by atoms with Crippen LogP contribution in [0.4, 0.5) is 5.69 Å². The molecule has 3 aromatic rings. The molecule has 5 heteroatoms. The predicted molar refractivity (Wildman–Crippen MR) is 111 cm³/mol. The fraction of sp³-hybridized carbons (Fsp3) is 0.304. The second-order valence-corrected chi connectivity index (χ2v) is 7.34. The van der Waals surface area contributed by atoms with Crippen molar-refractivity contribution in [2.24, 2.45) is 0 Å². The van der Waals surface area contributed by atoms with E-state index in [2.05, 4.69) is 55.3 Å². The van der Waals surface area contributed by atoms with Gasteiger partial charge in [0.25, 0.3) is 0 Å². The molecule has 28 heavy (non-hydrogen) atoms. The molecule has 0 unspecified atom stereocenters. The summed E-state index contributed by atoms with van der Waals surface area (Å²) in [4.78, 5) is 2.35. The van der Waals surface area contributed by atoms with E-state index in [1.165, 1.54) is 5.69 Å². The minimum atomic E-state index is 0.300. The molecule has 0 N–H and O–H groups in total.